The van der Waals surface area contributed by atoms with Gasteiger partial charge in [0.05, 0.1) is 15.7 Å². The van der Waals surface area contributed by atoms with Crippen LogP contribution < -0.4 is 0 Å². The lowest BCUT2D eigenvalue weighted by Gasteiger charge is -2.20. The van der Waals surface area contributed by atoms with E-state index in [1.165, 1.54) is 18.2 Å². The van der Waals surface area contributed by atoms with Crippen molar-refractivity contribution in [2.45, 2.75) is 31.8 Å². The van der Waals surface area contributed by atoms with Crippen molar-refractivity contribution >= 4 is 23.2 Å². The summed E-state index contributed by atoms with van der Waals surface area (Å²) in [6.07, 6.45) is 6.18. The van der Waals surface area contributed by atoms with Gasteiger partial charge in [0, 0.05) is 12.3 Å². The fourth-order valence-electron chi connectivity index (χ4n) is 3.54. The molecule has 0 N–H and O–H groups in total. The molecule has 2 aliphatic carbocycles. The van der Waals surface area contributed by atoms with E-state index in [2.05, 4.69) is 5.10 Å². The second-order valence-corrected chi connectivity index (χ2v) is 8.23. The van der Waals surface area contributed by atoms with E-state index in [1.807, 2.05) is 18.2 Å². The van der Waals surface area contributed by atoms with E-state index in [4.69, 9.17) is 27.9 Å². The predicted molar refractivity (Wildman–Crippen MR) is 115 cm³/mol. The van der Waals surface area contributed by atoms with Gasteiger partial charge in [-0.3, -0.25) is 0 Å². The fourth-order valence-corrected chi connectivity index (χ4v) is 4.10. The summed E-state index contributed by atoms with van der Waals surface area (Å²) >= 11 is 12.4. The van der Waals surface area contributed by atoms with Crippen LogP contribution in [0, 0.1) is 5.92 Å². The second-order valence-electron chi connectivity index (χ2n) is 7.41. The first-order chi connectivity index (χ1) is 15.2. The number of halogens is 6. The minimum absolute atomic E-state index is 0.107. The highest BCUT2D eigenvalue weighted by molar-refractivity contribution is 6.37. The molecule has 3 nitrogen and oxygen atoms in total. The first-order valence-electron chi connectivity index (χ1n) is 9.86. The fraction of sp³-hybridized carbons (Fsp3) is 0.261. The van der Waals surface area contributed by atoms with Gasteiger partial charge in [0.2, 0.25) is 0 Å². The summed E-state index contributed by atoms with van der Waals surface area (Å²) < 4.78 is 60.0. The molecule has 1 heterocycles. The van der Waals surface area contributed by atoms with Gasteiger partial charge in [0.25, 0.3) is 0 Å². The number of rotatable bonds is 5. The van der Waals surface area contributed by atoms with E-state index < -0.39 is 18.0 Å². The third kappa shape index (κ3) is 4.94. The Balaban J connectivity index is 1.52. The lowest BCUT2D eigenvalue weighted by Crippen LogP contribution is -2.09. The molecule has 0 bridgehead atoms. The van der Waals surface area contributed by atoms with E-state index in [1.54, 1.807) is 18.2 Å². The van der Waals surface area contributed by atoms with Crippen LogP contribution in [0.2, 0.25) is 10.0 Å². The van der Waals surface area contributed by atoms with Crippen molar-refractivity contribution in [2.75, 3.05) is 0 Å². The summed E-state index contributed by atoms with van der Waals surface area (Å²) in [4.78, 5) is 0. The van der Waals surface area contributed by atoms with Gasteiger partial charge in [0.1, 0.15) is 24.2 Å². The van der Waals surface area contributed by atoms with E-state index in [0.717, 1.165) is 16.3 Å². The van der Waals surface area contributed by atoms with Crippen molar-refractivity contribution in [1.82, 2.24) is 9.78 Å². The molecule has 0 spiro atoms. The number of hydrogen-bond donors (Lipinski definition) is 0. The predicted octanol–water partition coefficient (Wildman–Crippen LogP) is 7.40. The summed E-state index contributed by atoms with van der Waals surface area (Å²) in [7, 11) is 0. The Hall–Kier alpha value is -2.51. The summed E-state index contributed by atoms with van der Waals surface area (Å²) in [6.45, 7) is -0.169. The van der Waals surface area contributed by atoms with E-state index in [0.29, 0.717) is 18.6 Å². The molecule has 2 atom stereocenters. The summed E-state index contributed by atoms with van der Waals surface area (Å²) in [5.41, 5.74) is 0.269. The van der Waals surface area contributed by atoms with E-state index in [9.17, 15) is 17.6 Å². The number of alkyl halides is 4. The second kappa shape index (κ2) is 9.16. The maximum Gasteiger partial charge on any atom is 0.435 e. The molecule has 2 aromatic rings. The quantitative estimate of drug-likeness (QED) is 0.413. The van der Waals surface area contributed by atoms with E-state index in [-0.39, 0.29) is 34.0 Å². The van der Waals surface area contributed by atoms with Crippen LogP contribution in [-0.4, -0.2) is 16.0 Å². The van der Waals surface area contributed by atoms with Crippen LogP contribution >= 0.6 is 23.2 Å². The van der Waals surface area contributed by atoms with Gasteiger partial charge in [-0.1, -0.05) is 53.6 Å². The van der Waals surface area contributed by atoms with E-state index >= 15 is 0 Å². The number of allylic oxidation sites excluding steroid dienone is 7. The van der Waals surface area contributed by atoms with Crippen LogP contribution in [0.1, 0.15) is 24.2 Å². The molecule has 0 fully saturated rings. The highest BCUT2D eigenvalue weighted by Crippen LogP contribution is 2.34. The van der Waals surface area contributed by atoms with Gasteiger partial charge in [-0.15, -0.1) is 0 Å². The molecule has 4 rings (SSSR count). The molecule has 1 aromatic carbocycles. The Morgan fingerprint density at radius 2 is 1.81 bits per heavy atom. The lowest BCUT2D eigenvalue weighted by atomic mass is 9.88. The van der Waals surface area contributed by atoms with Crippen LogP contribution in [0.3, 0.4) is 0 Å². The molecule has 0 saturated heterocycles. The third-order valence-electron chi connectivity index (χ3n) is 5.18. The number of aromatic nitrogens is 2. The average Bonchev–Trinajstić information content (AvgIpc) is 3.17. The molecule has 0 aliphatic heterocycles. The largest absolute Gasteiger partial charge is 0.488 e. The summed E-state index contributed by atoms with van der Waals surface area (Å²) in [5.74, 6) is 0.631. The normalized spacial score (nSPS) is 20.8. The Kier molecular flexibility index (Phi) is 6.49. The Morgan fingerprint density at radius 3 is 2.41 bits per heavy atom. The number of nitrogens with zero attached hydrogens (tertiary/aromatic N) is 2. The number of para-hydroxylation sites is 1. The lowest BCUT2D eigenvalue weighted by molar-refractivity contribution is -0.141. The Labute approximate surface area is 192 Å². The molecule has 168 valence electrons. The summed E-state index contributed by atoms with van der Waals surface area (Å²) in [6, 6.07) is 5.56. The number of hydrogen-bond acceptors (Lipinski definition) is 2. The van der Waals surface area contributed by atoms with Crippen LogP contribution in [0.25, 0.3) is 5.69 Å². The minimum Gasteiger partial charge on any atom is -0.488 e. The Morgan fingerprint density at radius 1 is 1.06 bits per heavy atom. The standard InChI is InChI=1S/C23H18Cl2F4N2O/c24-19-2-1-3-20(25)22(19)31-17(12-21(30-31)23(27,28)29)13-32-18-10-6-15(7-11-18)14-4-8-16(26)9-5-14/h1-6,8,10-12,15-16H,7,9,13H2. The molecule has 0 radical (unpaired) electrons. The van der Waals surface area contributed by atoms with Crippen molar-refractivity contribution < 1.29 is 22.3 Å². The Bertz CT molecular complexity index is 1110. The summed E-state index contributed by atoms with van der Waals surface area (Å²) in [5, 5.41) is 4.01. The van der Waals surface area contributed by atoms with Crippen molar-refractivity contribution in [2.24, 2.45) is 5.92 Å². The molecule has 1 aromatic heterocycles. The zero-order valence-corrected chi connectivity index (χ0v) is 18.1. The topological polar surface area (TPSA) is 27.1 Å². The van der Waals surface area contributed by atoms with Gasteiger partial charge in [0.15, 0.2) is 5.69 Å². The number of ether oxygens (including phenoxy) is 1. The van der Waals surface area contributed by atoms with Gasteiger partial charge in [-0.05, 0) is 42.3 Å². The molecule has 0 saturated carbocycles. The molecule has 0 amide bonds. The van der Waals surface area contributed by atoms with Crippen molar-refractivity contribution in [3.63, 3.8) is 0 Å². The highest BCUT2D eigenvalue weighted by Gasteiger charge is 2.35. The molecule has 9 heteroatoms. The number of benzene rings is 1. The maximum atomic E-state index is 13.3. The first-order valence-corrected chi connectivity index (χ1v) is 10.6. The minimum atomic E-state index is -4.63. The van der Waals surface area contributed by atoms with Crippen LogP contribution in [0.15, 0.2) is 72.1 Å². The van der Waals surface area contributed by atoms with Gasteiger partial charge in [-0.2, -0.15) is 18.3 Å². The molecule has 2 aliphatic rings. The molecular formula is C23H18Cl2F4N2O. The molecule has 32 heavy (non-hydrogen) atoms. The van der Waals surface area contributed by atoms with Crippen LogP contribution in [0.4, 0.5) is 17.6 Å². The van der Waals surface area contributed by atoms with Gasteiger partial charge < -0.3 is 4.74 Å². The van der Waals surface area contributed by atoms with Crippen LogP contribution in [-0.2, 0) is 17.5 Å². The monoisotopic (exact) mass is 484 g/mol. The van der Waals surface area contributed by atoms with Crippen LogP contribution in [0.5, 0.6) is 0 Å². The van der Waals surface area contributed by atoms with Crippen molar-refractivity contribution in [3.8, 4) is 5.69 Å². The SMILES string of the molecule is FC1C=CC(C2C=CC(OCc3cc(C(F)(F)F)nn3-c3c(Cl)cccc3Cl)=CC2)=CC1. The molecule has 2 unspecified atom stereocenters. The smallest absolute Gasteiger partial charge is 0.435 e. The highest BCUT2D eigenvalue weighted by atomic mass is 35.5. The van der Waals surface area contributed by atoms with Gasteiger partial charge in [-0.25, -0.2) is 9.07 Å². The third-order valence-corrected chi connectivity index (χ3v) is 5.79. The first kappa shape index (κ1) is 22.7. The average molecular weight is 485 g/mol. The maximum absolute atomic E-state index is 13.3. The van der Waals surface area contributed by atoms with Crippen molar-refractivity contribution in [3.05, 3.63) is 93.5 Å². The van der Waals surface area contributed by atoms with Gasteiger partial charge >= 0.3 is 6.18 Å². The van der Waals surface area contributed by atoms with Crippen molar-refractivity contribution in [1.29, 1.82) is 0 Å². The molecular weight excluding hydrogens is 467 g/mol. The zero-order valence-electron chi connectivity index (χ0n) is 16.6. The zero-order chi connectivity index (χ0) is 22.9.